The quantitative estimate of drug-likeness (QED) is 0.484. The van der Waals surface area contributed by atoms with Crippen molar-refractivity contribution in [1.82, 2.24) is 9.97 Å². The van der Waals surface area contributed by atoms with Crippen molar-refractivity contribution in [1.29, 1.82) is 0 Å². The number of aromatic nitrogens is 2. The summed E-state index contributed by atoms with van der Waals surface area (Å²) in [5.41, 5.74) is 3.33. The minimum absolute atomic E-state index is 0.0111. The zero-order valence-corrected chi connectivity index (χ0v) is 12.7. The number of anilines is 1. The fourth-order valence-electron chi connectivity index (χ4n) is 1.74. The van der Waals surface area contributed by atoms with Crippen molar-refractivity contribution in [2.75, 3.05) is 5.43 Å². The third-order valence-electron chi connectivity index (χ3n) is 2.95. The normalized spacial score (nSPS) is 10.9. The van der Waals surface area contributed by atoms with E-state index in [4.69, 9.17) is 16.7 Å². The van der Waals surface area contributed by atoms with Gasteiger partial charge in [-0.15, -0.1) is 0 Å². The van der Waals surface area contributed by atoms with Gasteiger partial charge in [0.1, 0.15) is 11.6 Å². The highest BCUT2D eigenvalue weighted by Gasteiger charge is 2.12. The number of hydrogen-bond donors (Lipinski definition) is 4. The maximum atomic E-state index is 11.0. The van der Waals surface area contributed by atoms with Gasteiger partial charge in [-0.05, 0) is 19.1 Å². The topological polar surface area (TPSA) is 128 Å². The maximum absolute atomic E-state index is 11.0. The van der Waals surface area contributed by atoms with Crippen LogP contribution in [0, 0.1) is 6.92 Å². The smallest absolute Gasteiger partial charge is 0.356 e. The Labute approximate surface area is 136 Å². The van der Waals surface area contributed by atoms with Crippen LogP contribution in [-0.4, -0.2) is 37.5 Å². The molecule has 2 aromatic heterocycles. The molecule has 0 aliphatic heterocycles. The first-order chi connectivity index (χ1) is 10.9. The summed E-state index contributed by atoms with van der Waals surface area (Å²) < 4.78 is 0. The molecular weight excluding hydrogens is 324 g/mol. The van der Waals surface area contributed by atoms with E-state index < -0.39 is 5.97 Å². The largest absolute Gasteiger partial charge is 0.505 e. The molecule has 0 saturated carbocycles. The summed E-state index contributed by atoms with van der Waals surface area (Å²) >= 11 is 5.72. The van der Waals surface area contributed by atoms with Crippen molar-refractivity contribution in [3.05, 3.63) is 45.9 Å². The average molecular weight is 337 g/mol. The van der Waals surface area contributed by atoms with Crippen LogP contribution in [0.4, 0.5) is 5.82 Å². The minimum Gasteiger partial charge on any atom is -0.505 e. The number of hydrazone groups is 1. The number of halogens is 1. The van der Waals surface area contributed by atoms with E-state index in [1.807, 2.05) is 0 Å². The first-order valence-electron chi connectivity index (χ1n) is 6.41. The molecule has 2 aromatic rings. The second kappa shape index (κ2) is 7.03. The molecule has 8 nitrogen and oxygen atoms in total. The standard InChI is InChI=1S/C14H13ClN4O4/c1-7-13(21)9(8(6-20)4-16-7)5-17-19-11-3-2-10(15)12(18-11)14(22)23/h2-5,20-21H,6H2,1H3,(H,18,19)(H,22,23)/b17-5+. The number of hydrogen-bond acceptors (Lipinski definition) is 7. The van der Waals surface area contributed by atoms with Gasteiger partial charge in [-0.3, -0.25) is 10.4 Å². The molecule has 0 aliphatic carbocycles. The van der Waals surface area contributed by atoms with Crippen LogP contribution in [0.25, 0.3) is 0 Å². The van der Waals surface area contributed by atoms with Crippen molar-refractivity contribution in [3.63, 3.8) is 0 Å². The van der Waals surface area contributed by atoms with Crippen molar-refractivity contribution < 1.29 is 20.1 Å². The van der Waals surface area contributed by atoms with E-state index in [0.29, 0.717) is 16.8 Å². The molecule has 2 rings (SSSR count). The van der Waals surface area contributed by atoms with Crippen LogP contribution in [-0.2, 0) is 6.61 Å². The molecule has 0 aliphatic rings. The molecule has 0 radical (unpaired) electrons. The molecule has 0 bridgehead atoms. The van der Waals surface area contributed by atoms with Gasteiger partial charge < -0.3 is 15.3 Å². The molecule has 2 heterocycles. The Morgan fingerprint density at radius 3 is 2.87 bits per heavy atom. The SMILES string of the molecule is Cc1ncc(CO)c(/C=N/Nc2ccc(Cl)c(C(=O)O)n2)c1O. The Kier molecular flexibility index (Phi) is 5.09. The Balaban J connectivity index is 2.25. The van der Waals surface area contributed by atoms with Crippen LogP contribution in [0.2, 0.25) is 5.02 Å². The number of aliphatic hydroxyl groups excluding tert-OH is 1. The van der Waals surface area contributed by atoms with Crippen LogP contribution in [0.1, 0.15) is 27.3 Å². The Bertz CT molecular complexity index is 780. The van der Waals surface area contributed by atoms with Crippen LogP contribution < -0.4 is 5.43 Å². The predicted molar refractivity (Wildman–Crippen MR) is 84.0 cm³/mol. The summed E-state index contributed by atoms with van der Waals surface area (Å²) in [7, 11) is 0. The van der Waals surface area contributed by atoms with Gasteiger partial charge >= 0.3 is 5.97 Å². The van der Waals surface area contributed by atoms with E-state index in [2.05, 4.69) is 20.5 Å². The number of rotatable bonds is 5. The number of carboxylic acids is 1. The highest BCUT2D eigenvalue weighted by atomic mass is 35.5. The van der Waals surface area contributed by atoms with E-state index in [9.17, 15) is 15.0 Å². The summed E-state index contributed by atoms with van der Waals surface area (Å²) in [6.07, 6.45) is 2.71. The number of nitrogens with one attached hydrogen (secondary N) is 1. The van der Waals surface area contributed by atoms with E-state index in [0.717, 1.165) is 0 Å². The Morgan fingerprint density at radius 1 is 1.48 bits per heavy atom. The molecular formula is C14H13ClN4O4. The van der Waals surface area contributed by atoms with Crippen molar-refractivity contribution in [2.45, 2.75) is 13.5 Å². The van der Waals surface area contributed by atoms with Gasteiger partial charge in [0, 0.05) is 17.3 Å². The average Bonchev–Trinajstić information content (AvgIpc) is 2.53. The molecule has 23 heavy (non-hydrogen) atoms. The number of aromatic carboxylic acids is 1. The molecule has 0 fully saturated rings. The Hall–Kier alpha value is -2.71. The maximum Gasteiger partial charge on any atom is 0.356 e. The third kappa shape index (κ3) is 3.74. The molecule has 120 valence electrons. The molecule has 0 aromatic carbocycles. The van der Waals surface area contributed by atoms with Gasteiger partial charge in [0.15, 0.2) is 5.69 Å². The molecule has 0 unspecified atom stereocenters. The van der Waals surface area contributed by atoms with Gasteiger partial charge in [0.25, 0.3) is 0 Å². The monoisotopic (exact) mass is 336 g/mol. The van der Waals surface area contributed by atoms with Crippen LogP contribution in [0.3, 0.4) is 0 Å². The minimum atomic E-state index is -1.26. The van der Waals surface area contributed by atoms with Gasteiger partial charge in [0.2, 0.25) is 0 Å². The fraction of sp³-hybridized carbons (Fsp3) is 0.143. The van der Waals surface area contributed by atoms with E-state index in [-0.39, 0.29) is 28.9 Å². The van der Waals surface area contributed by atoms with E-state index >= 15 is 0 Å². The summed E-state index contributed by atoms with van der Waals surface area (Å²) in [4.78, 5) is 18.7. The molecule has 4 N–H and O–H groups in total. The molecule has 0 atom stereocenters. The first kappa shape index (κ1) is 16.7. The lowest BCUT2D eigenvalue weighted by Gasteiger charge is -2.07. The lowest BCUT2D eigenvalue weighted by molar-refractivity contribution is 0.0691. The lowest BCUT2D eigenvalue weighted by atomic mass is 10.1. The predicted octanol–water partition coefficient (Wildman–Crippen LogP) is 1.78. The number of nitrogens with zero attached hydrogens (tertiary/aromatic N) is 3. The van der Waals surface area contributed by atoms with Crippen LogP contribution >= 0.6 is 11.6 Å². The molecule has 9 heteroatoms. The van der Waals surface area contributed by atoms with Crippen LogP contribution in [0.15, 0.2) is 23.4 Å². The van der Waals surface area contributed by atoms with Gasteiger partial charge in [-0.1, -0.05) is 11.6 Å². The second-order valence-electron chi connectivity index (χ2n) is 4.49. The molecule has 0 saturated heterocycles. The van der Waals surface area contributed by atoms with Gasteiger partial charge in [-0.2, -0.15) is 5.10 Å². The second-order valence-corrected chi connectivity index (χ2v) is 4.90. The number of aromatic hydroxyl groups is 1. The molecule has 0 spiro atoms. The zero-order valence-electron chi connectivity index (χ0n) is 12.0. The summed E-state index contributed by atoms with van der Waals surface area (Å²) in [6, 6.07) is 2.83. The van der Waals surface area contributed by atoms with Crippen molar-refractivity contribution in [2.24, 2.45) is 5.10 Å². The highest BCUT2D eigenvalue weighted by Crippen LogP contribution is 2.22. The third-order valence-corrected chi connectivity index (χ3v) is 3.25. The number of aliphatic hydroxyl groups is 1. The summed E-state index contributed by atoms with van der Waals surface area (Å²) in [5, 5.41) is 32.0. The molecule has 0 amide bonds. The van der Waals surface area contributed by atoms with Crippen LogP contribution in [0.5, 0.6) is 5.75 Å². The first-order valence-corrected chi connectivity index (χ1v) is 6.79. The number of carboxylic acid groups (broad SMARTS) is 1. The number of carbonyl (C=O) groups is 1. The van der Waals surface area contributed by atoms with Crippen molar-refractivity contribution in [3.8, 4) is 5.75 Å². The zero-order chi connectivity index (χ0) is 17.0. The van der Waals surface area contributed by atoms with Crippen molar-refractivity contribution >= 4 is 29.6 Å². The number of aryl methyl sites for hydroxylation is 1. The summed E-state index contributed by atoms with van der Waals surface area (Å²) in [6.45, 7) is 1.30. The fourth-order valence-corrected chi connectivity index (χ4v) is 1.93. The lowest BCUT2D eigenvalue weighted by Crippen LogP contribution is -2.04. The Morgan fingerprint density at radius 2 is 2.22 bits per heavy atom. The van der Waals surface area contributed by atoms with E-state index in [1.165, 1.54) is 24.5 Å². The summed E-state index contributed by atoms with van der Waals surface area (Å²) in [5.74, 6) is -1.19. The van der Waals surface area contributed by atoms with Gasteiger partial charge in [0.05, 0.1) is 23.5 Å². The highest BCUT2D eigenvalue weighted by molar-refractivity contribution is 6.33. The number of pyridine rings is 2. The van der Waals surface area contributed by atoms with Gasteiger partial charge in [-0.25, -0.2) is 9.78 Å². The van der Waals surface area contributed by atoms with E-state index in [1.54, 1.807) is 6.92 Å².